The van der Waals surface area contributed by atoms with Crippen LogP contribution in [0.15, 0.2) is 39.8 Å². The summed E-state index contributed by atoms with van der Waals surface area (Å²) in [6.45, 7) is 1.22. The summed E-state index contributed by atoms with van der Waals surface area (Å²) >= 11 is 3.36. The van der Waals surface area contributed by atoms with Crippen LogP contribution in [-0.4, -0.2) is 33.8 Å². The van der Waals surface area contributed by atoms with Crippen LogP contribution in [0.4, 0.5) is 5.95 Å². The normalized spacial score (nSPS) is 18.4. The summed E-state index contributed by atoms with van der Waals surface area (Å²) < 4.78 is 14.1. The second kappa shape index (κ2) is 6.05. The summed E-state index contributed by atoms with van der Waals surface area (Å²) in [7, 11) is 0. The minimum absolute atomic E-state index is 0.163. The Balaban J connectivity index is 1.71. The van der Waals surface area contributed by atoms with E-state index in [1.807, 2.05) is 28.8 Å². The molecule has 4 N–H and O–H groups in total. The average molecular weight is 430 g/mol. The number of aromatic nitrogens is 2. The molecule has 0 radical (unpaired) electrons. The highest BCUT2D eigenvalue weighted by Gasteiger charge is 2.27. The molecule has 2 aliphatic rings. The van der Waals surface area contributed by atoms with Crippen molar-refractivity contribution in [2.45, 2.75) is 12.6 Å². The molecule has 0 aliphatic carbocycles. The molecule has 27 heavy (non-hydrogen) atoms. The maximum absolute atomic E-state index is 9.81. The van der Waals surface area contributed by atoms with Gasteiger partial charge in [0.25, 0.3) is 0 Å². The van der Waals surface area contributed by atoms with Gasteiger partial charge in [0.05, 0.1) is 28.7 Å². The molecule has 0 spiro atoms. The lowest BCUT2D eigenvalue weighted by Crippen LogP contribution is -2.31. The molecular formula is C18H16BrN5O3. The van der Waals surface area contributed by atoms with E-state index in [1.165, 1.54) is 0 Å². The zero-order valence-electron chi connectivity index (χ0n) is 14.1. The molecule has 1 aromatic heterocycles. The zero-order valence-corrected chi connectivity index (χ0v) is 15.7. The van der Waals surface area contributed by atoms with Crippen molar-refractivity contribution in [2.75, 3.05) is 18.5 Å². The van der Waals surface area contributed by atoms with Crippen molar-refractivity contribution in [1.82, 2.24) is 9.55 Å². The number of guanidine groups is 1. The van der Waals surface area contributed by atoms with Crippen molar-refractivity contribution in [2.24, 2.45) is 10.7 Å². The molecule has 3 aromatic rings. The molecule has 8 nitrogen and oxygen atoms in total. The molecular weight excluding hydrogens is 414 g/mol. The van der Waals surface area contributed by atoms with Crippen molar-refractivity contribution in [3.63, 3.8) is 0 Å². The Labute approximate surface area is 162 Å². The topological polar surface area (TPSA) is 107 Å². The van der Waals surface area contributed by atoms with E-state index >= 15 is 0 Å². The van der Waals surface area contributed by atoms with Gasteiger partial charge in [-0.3, -0.25) is 9.88 Å². The van der Waals surface area contributed by atoms with Crippen LogP contribution >= 0.6 is 15.9 Å². The van der Waals surface area contributed by atoms with E-state index in [1.54, 1.807) is 6.07 Å². The Morgan fingerprint density at radius 1 is 1.19 bits per heavy atom. The monoisotopic (exact) mass is 429 g/mol. The highest BCUT2D eigenvalue weighted by Crippen LogP contribution is 2.39. The smallest absolute Gasteiger partial charge is 0.212 e. The number of aromatic hydroxyl groups is 1. The molecule has 1 atom stereocenters. The number of hydrogen-bond acceptors (Lipinski definition) is 7. The van der Waals surface area contributed by atoms with Crippen LogP contribution in [0.3, 0.4) is 0 Å². The molecule has 2 aromatic carbocycles. The van der Waals surface area contributed by atoms with Gasteiger partial charge >= 0.3 is 0 Å². The van der Waals surface area contributed by atoms with E-state index in [9.17, 15) is 5.11 Å². The van der Waals surface area contributed by atoms with Gasteiger partial charge in [0.1, 0.15) is 5.75 Å². The molecule has 0 saturated heterocycles. The minimum Gasteiger partial charge on any atom is -0.507 e. The summed E-state index contributed by atoms with van der Waals surface area (Å²) in [6, 6.07) is 9.05. The van der Waals surface area contributed by atoms with E-state index in [0.29, 0.717) is 35.1 Å². The standard InChI is InChI=1S/C18H16BrN5O3/c19-10-6-9(2-3-13(10)25)16-22-17(20)23-18-21-11-7-14-15(8-12(11)24(16)18)27-5-1-4-26-14/h2-3,6-8,16,25H,1,4-5H2,(H3,20,21,22,23). The largest absolute Gasteiger partial charge is 0.507 e. The molecule has 1 unspecified atom stereocenters. The summed E-state index contributed by atoms with van der Waals surface area (Å²) in [5.74, 6) is 2.41. The quantitative estimate of drug-likeness (QED) is 0.548. The number of halogens is 1. The Kier molecular flexibility index (Phi) is 3.64. The molecule has 3 heterocycles. The minimum atomic E-state index is -0.423. The molecule has 9 heteroatoms. The fourth-order valence-electron chi connectivity index (χ4n) is 3.33. The van der Waals surface area contributed by atoms with Gasteiger partial charge in [-0.25, -0.2) is 9.98 Å². The Morgan fingerprint density at radius 2 is 1.96 bits per heavy atom. The lowest BCUT2D eigenvalue weighted by molar-refractivity contribution is 0.297. The van der Waals surface area contributed by atoms with Crippen molar-refractivity contribution in [3.05, 3.63) is 40.4 Å². The highest BCUT2D eigenvalue weighted by atomic mass is 79.9. The van der Waals surface area contributed by atoms with Crippen molar-refractivity contribution in [1.29, 1.82) is 0 Å². The van der Waals surface area contributed by atoms with Crippen LogP contribution in [0.1, 0.15) is 18.2 Å². The van der Waals surface area contributed by atoms with Gasteiger partial charge in [-0.05, 0) is 33.6 Å². The van der Waals surface area contributed by atoms with Gasteiger partial charge in [-0.2, -0.15) is 0 Å². The van der Waals surface area contributed by atoms with E-state index in [-0.39, 0.29) is 11.7 Å². The van der Waals surface area contributed by atoms with Crippen molar-refractivity contribution in [3.8, 4) is 17.2 Å². The summed E-state index contributed by atoms with van der Waals surface area (Å²) in [5.41, 5.74) is 8.46. The number of nitrogens with two attached hydrogens (primary N) is 1. The molecule has 0 saturated carbocycles. The third-order valence-electron chi connectivity index (χ3n) is 4.57. The second-order valence-electron chi connectivity index (χ2n) is 6.37. The summed E-state index contributed by atoms with van der Waals surface area (Å²) in [5, 5.41) is 12.8. The number of anilines is 1. The van der Waals surface area contributed by atoms with E-state index < -0.39 is 6.17 Å². The predicted molar refractivity (Wildman–Crippen MR) is 105 cm³/mol. The zero-order chi connectivity index (χ0) is 18.5. The van der Waals surface area contributed by atoms with Crippen LogP contribution in [0, 0.1) is 0 Å². The maximum Gasteiger partial charge on any atom is 0.212 e. The summed E-state index contributed by atoms with van der Waals surface area (Å²) in [6.07, 6.45) is 0.414. The Morgan fingerprint density at radius 3 is 2.74 bits per heavy atom. The van der Waals surface area contributed by atoms with E-state index in [2.05, 4.69) is 31.2 Å². The van der Waals surface area contributed by atoms with Crippen LogP contribution in [0.2, 0.25) is 0 Å². The van der Waals surface area contributed by atoms with E-state index in [4.69, 9.17) is 15.2 Å². The molecule has 5 rings (SSSR count). The first-order valence-corrected chi connectivity index (χ1v) is 9.30. The first-order chi connectivity index (χ1) is 13.1. The predicted octanol–water partition coefficient (Wildman–Crippen LogP) is 2.95. The second-order valence-corrected chi connectivity index (χ2v) is 7.22. The Bertz CT molecular complexity index is 1090. The molecule has 0 bridgehead atoms. The lowest BCUT2D eigenvalue weighted by atomic mass is 10.1. The van der Waals surface area contributed by atoms with Crippen molar-refractivity contribution >= 4 is 38.9 Å². The van der Waals surface area contributed by atoms with Gasteiger partial charge < -0.3 is 20.3 Å². The third kappa shape index (κ3) is 2.66. The van der Waals surface area contributed by atoms with Gasteiger partial charge in [-0.1, -0.05) is 6.07 Å². The number of imidazole rings is 1. The van der Waals surface area contributed by atoms with Crippen LogP contribution in [0.5, 0.6) is 17.2 Å². The van der Waals surface area contributed by atoms with E-state index in [0.717, 1.165) is 23.0 Å². The number of nitrogens with one attached hydrogen (secondary N) is 1. The Hall–Kier alpha value is -2.94. The maximum atomic E-state index is 9.81. The first kappa shape index (κ1) is 16.2. The summed E-state index contributed by atoms with van der Waals surface area (Å²) in [4.78, 5) is 9.20. The molecule has 0 fully saturated rings. The SMILES string of the molecule is NC1=NC(c2ccc(O)c(Br)c2)n2c(nc3cc4c(cc32)OCCCO4)N1. The number of rotatable bonds is 1. The van der Waals surface area contributed by atoms with Gasteiger partial charge in [0.15, 0.2) is 23.6 Å². The van der Waals surface area contributed by atoms with Crippen LogP contribution in [0.25, 0.3) is 11.0 Å². The van der Waals surface area contributed by atoms with Gasteiger partial charge in [0, 0.05) is 18.6 Å². The number of hydrogen-bond donors (Lipinski definition) is 3. The number of phenols is 1. The highest BCUT2D eigenvalue weighted by molar-refractivity contribution is 9.10. The van der Waals surface area contributed by atoms with Gasteiger partial charge in [-0.15, -0.1) is 0 Å². The number of phenolic OH excluding ortho intramolecular Hbond substituents is 1. The average Bonchev–Trinajstić information content (AvgIpc) is 2.83. The molecule has 0 amide bonds. The number of aliphatic imine (C=N–C) groups is 1. The lowest BCUT2D eigenvalue weighted by Gasteiger charge is -2.24. The number of benzene rings is 2. The number of ether oxygens (including phenoxy) is 2. The fourth-order valence-corrected chi connectivity index (χ4v) is 3.73. The third-order valence-corrected chi connectivity index (χ3v) is 5.21. The van der Waals surface area contributed by atoms with Crippen LogP contribution < -0.4 is 20.5 Å². The number of nitrogens with zero attached hydrogens (tertiary/aromatic N) is 3. The fraction of sp³-hybridized carbons (Fsp3) is 0.222. The number of fused-ring (bicyclic) bond motifs is 4. The van der Waals surface area contributed by atoms with Crippen LogP contribution in [-0.2, 0) is 0 Å². The molecule has 2 aliphatic heterocycles. The van der Waals surface area contributed by atoms with Gasteiger partial charge in [0.2, 0.25) is 5.95 Å². The van der Waals surface area contributed by atoms with Crippen molar-refractivity contribution < 1.29 is 14.6 Å². The first-order valence-electron chi connectivity index (χ1n) is 8.50. The molecule has 138 valence electrons.